The number of nitrogens with zero attached hydrogens (tertiary/aromatic N) is 4. The molecule has 2 saturated heterocycles. The van der Waals surface area contributed by atoms with Gasteiger partial charge in [-0.1, -0.05) is 18.2 Å². The van der Waals surface area contributed by atoms with E-state index in [4.69, 9.17) is 0 Å². The van der Waals surface area contributed by atoms with Crippen LogP contribution >= 0.6 is 0 Å². The van der Waals surface area contributed by atoms with E-state index in [0.717, 1.165) is 30.8 Å². The third kappa shape index (κ3) is 4.19. The minimum Gasteiger partial charge on any atom is -0.350 e. The van der Waals surface area contributed by atoms with Gasteiger partial charge < -0.3 is 15.5 Å². The molecule has 0 radical (unpaired) electrons. The van der Waals surface area contributed by atoms with Gasteiger partial charge in [0, 0.05) is 56.3 Å². The average Bonchev–Trinajstić information content (AvgIpc) is 3.22. The minimum absolute atomic E-state index is 0.00476. The Morgan fingerprint density at radius 2 is 1.97 bits per heavy atom. The monoisotopic (exact) mass is 446 g/mol. The van der Waals surface area contributed by atoms with Crippen LogP contribution in [0, 0.1) is 6.92 Å². The second-order valence-electron chi connectivity index (χ2n) is 8.66. The zero-order valence-corrected chi connectivity index (χ0v) is 18.4. The fourth-order valence-corrected chi connectivity index (χ4v) is 4.64. The van der Waals surface area contributed by atoms with Gasteiger partial charge in [0.15, 0.2) is 0 Å². The number of benzene rings is 1. The molecule has 1 unspecified atom stereocenters. The molecule has 2 bridgehead atoms. The van der Waals surface area contributed by atoms with Crippen LogP contribution in [-0.4, -0.2) is 69.4 Å². The van der Waals surface area contributed by atoms with Crippen molar-refractivity contribution in [2.75, 3.05) is 31.5 Å². The Hall–Kier alpha value is -3.72. The molecule has 1 aromatic carbocycles. The summed E-state index contributed by atoms with van der Waals surface area (Å²) in [4.78, 5) is 46.9. The number of carbonyl (C=O) groups excluding carboxylic acids is 2. The molecule has 170 valence electrons. The van der Waals surface area contributed by atoms with E-state index in [2.05, 4.69) is 20.5 Å². The molecule has 0 saturated carbocycles. The molecule has 3 amide bonds. The highest BCUT2D eigenvalue weighted by Gasteiger charge is 2.40. The lowest BCUT2D eigenvalue weighted by Gasteiger charge is -2.40. The third-order valence-electron chi connectivity index (χ3n) is 6.45. The van der Waals surface area contributed by atoms with E-state index < -0.39 is 11.5 Å². The summed E-state index contributed by atoms with van der Waals surface area (Å²) in [5.74, 6) is -0.455. The van der Waals surface area contributed by atoms with Crippen LogP contribution < -0.4 is 16.2 Å². The van der Waals surface area contributed by atoms with Gasteiger partial charge in [-0.25, -0.2) is 9.78 Å². The molecule has 4 heterocycles. The fraction of sp³-hybridized carbons (Fsp3) is 0.333. The lowest BCUT2D eigenvalue weighted by molar-refractivity contribution is 0.0881. The van der Waals surface area contributed by atoms with Crippen molar-refractivity contribution in [1.29, 1.82) is 0 Å². The van der Waals surface area contributed by atoms with Crippen molar-refractivity contribution < 1.29 is 9.59 Å². The highest BCUT2D eigenvalue weighted by molar-refractivity contribution is 5.93. The molecule has 33 heavy (non-hydrogen) atoms. The number of nitrogens with one attached hydrogen (secondary N) is 2. The maximum absolute atomic E-state index is 12.9. The summed E-state index contributed by atoms with van der Waals surface area (Å²) >= 11 is 0. The number of hydrogen-bond donors (Lipinski definition) is 2. The molecule has 5 rings (SSSR count). The number of piperazine rings is 1. The molecule has 2 aliphatic rings. The second kappa shape index (κ2) is 8.67. The van der Waals surface area contributed by atoms with E-state index in [1.165, 1.54) is 10.6 Å². The van der Waals surface area contributed by atoms with Crippen LogP contribution in [0.2, 0.25) is 0 Å². The molecular formula is C24H26N6O3. The summed E-state index contributed by atoms with van der Waals surface area (Å²) in [6, 6.07) is 13.0. The zero-order chi connectivity index (χ0) is 22.9. The first-order chi connectivity index (χ1) is 16.0. The van der Waals surface area contributed by atoms with Gasteiger partial charge >= 0.3 is 6.03 Å². The molecule has 2 aliphatic heterocycles. The van der Waals surface area contributed by atoms with Crippen LogP contribution in [0.25, 0.3) is 5.65 Å². The van der Waals surface area contributed by atoms with Gasteiger partial charge in [0.1, 0.15) is 11.2 Å². The summed E-state index contributed by atoms with van der Waals surface area (Å²) in [5, 5.41) is 5.85. The minimum atomic E-state index is -0.455. The molecule has 0 spiro atoms. The third-order valence-corrected chi connectivity index (χ3v) is 6.45. The van der Waals surface area contributed by atoms with Crippen molar-refractivity contribution in [3.8, 4) is 0 Å². The van der Waals surface area contributed by atoms with Gasteiger partial charge in [0.2, 0.25) is 0 Å². The van der Waals surface area contributed by atoms with Gasteiger partial charge in [0.05, 0.1) is 0 Å². The van der Waals surface area contributed by atoms with Crippen LogP contribution in [0.4, 0.5) is 10.5 Å². The van der Waals surface area contributed by atoms with Gasteiger partial charge in [-0.2, -0.15) is 0 Å². The molecule has 3 atom stereocenters. The molecule has 9 nitrogen and oxygen atoms in total. The molecule has 3 aromatic rings. The van der Waals surface area contributed by atoms with E-state index >= 15 is 0 Å². The van der Waals surface area contributed by atoms with Crippen LogP contribution in [-0.2, 0) is 0 Å². The number of fused-ring (bicyclic) bond motifs is 3. The molecule has 0 aliphatic carbocycles. The Balaban J connectivity index is 1.26. The smallest absolute Gasteiger partial charge is 0.322 e. The van der Waals surface area contributed by atoms with Crippen LogP contribution in [0.15, 0.2) is 59.7 Å². The number of amides is 3. The number of carbonyl (C=O) groups is 2. The van der Waals surface area contributed by atoms with Crippen LogP contribution in [0.5, 0.6) is 0 Å². The van der Waals surface area contributed by atoms with E-state index in [-0.39, 0.29) is 23.7 Å². The van der Waals surface area contributed by atoms with Gasteiger partial charge in [-0.15, -0.1) is 0 Å². The molecular weight excluding hydrogens is 420 g/mol. The normalized spacial score (nSPS) is 21.7. The Labute approximate surface area is 191 Å². The number of aryl methyl sites for hydroxylation is 1. The quantitative estimate of drug-likeness (QED) is 0.636. The summed E-state index contributed by atoms with van der Waals surface area (Å²) < 4.78 is 1.38. The Morgan fingerprint density at radius 3 is 2.79 bits per heavy atom. The standard InChI is InChI=1S/C24H26N6O3/c1-16-7-10-29-21(11-16)25-13-20(23(29)32)22(31)26-12-19-15-30(18-8-9-28(19)14-18)24(33)27-17-5-3-2-4-6-17/h2-7,10-11,13,18-19H,8-9,12,14-15H2,1H3,(H,26,31)(H,27,33)/t18-,19-/m0/s1. The number of hydrogen-bond acceptors (Lipinski definition) is 5. The summed E-state index contributed by atoms with van der Waals surface area (Å²) in [6.45, 7) is 4.43. The number of anilines is 1. The Morgan fingerprint density at radius 1 is 1.15 bits per heavy atom. The van der Waals surface area contributed by atoms with E-state index in [9.17, 15) is 14.4 Å². The maximum atomic E-state index is 12.9. The molecule has 2 N–H and O–H groups in total. The largest absolute Gasteiger partial charge is 0.350 e. The van der Waals surface area contributed by atoms with Gasteiger partial charge in [-0.05, 0) is 43.2 Å². The SMILES string of the molecule is Cc1ccn2c(=O)c(C(=O)NC[C@H]3CN(C(=O)Nc4ccccc4)[C@H]4CCN3C4)cnc2c1. The highest BCUT2D eigenvalue weighted by Crippen LogP contribution is 2.25. The first-order valence-electron chi connectivity index (χ1n) is 11.1. The van der Waals surface area contributed by atoms with Gasteiger partial charge in [0.25, 0.3) is 11.5 Å². The maximum Gasteiger partial charge on any atom is 0.322 e. The van der Waals surface area contributed by atoms with Gasteiger partial charge in [-0.3, -0.25) is 18.9 Å². The first-order valence-corrected chi connectivity index (χ1v) is 11.1. The summed E-state index contributed by atoms with van der Waals surface area (Å²) in [5.41, 5.74) is 1.86. The van der Waals surface area contributed by atoms with Crippen molar-refractivity contribution in [3.05, 3.63) is 76.3 Å². The number of aromatic nitrogens is 2. The summed E-state index contributed by atoms with van der Waals surface area (Å²) in [6.07, 6.45) is 3.87. The lowest BCUT2D eigenvalue weighted by atomic mass is 10.1. The van der Waals surface area contributed by atoms with E-state index in [1.54, 1.807) is 18.3 Å². The number of pyridine rings is 1. The fourth-order valence-electron chi connectivity index (χ4n) is 4.64. The molecule has 2 fully saturated rings. The summed E-state index contributed by atoms with van der Waals surface area (Å²) in [7, 11) is 0. The van der Waals surface area contributed by atoms with E-state index in [1.807, 2.05) is 42.2 Å². The topological polar surface area (TPSA) is 99.0 Å². The first kappa shape index (κ1) is 21.1. The van der Waals surface area contributed by atoms with Crippen molar-refractivity contribution >= 4 is 23.3 Å². The second-order valence-corrected chi connectivity index (χ2v) is 8.66. The lowest BCUT2D eigenvalue weighted by Crippen LogP contribution is -2.58. The molecule has 9 heteroatoms. The Kier molecular flexibility index (Phi) is 5.55. The average molecular weight is 447 g/mol. The van der Waals surface area contributed by atoms with Crippen molar-refractivity contribution in [2.45, 2.75) is 25.4 Å². The zero-order valence-electron chi connectivity index (χ0n) is 18.4. The van der Waals surface area contributed by atoms with E-state index in [0.29, 0.717) is 18.7 Å². The van der Waals surface area contributed by atoms with Crippen molar-refractivity contribution in [2.24, 2.45) is 0 Å². The van der Waals surface area contributed by atoms with Crippen LogP contribution in [0.3, 0.4) is 0 Å². The number of urea groups is 1. The predicted octanol–water partition coefficient (Wildman–Crippen LogP) is 1.72. The number of para-hydroxylation sites is 1. The predicted molar refractivity (Wildman–Crippen MR) is 124 cm³/mol. The van der Waals surface area contributed by atoms with Crippen LogP contribution in [0.1, 0.15) is 22.3 Å². The highest BCUT2D eigenvalue weighted by atomic mass is 16.2. The van der Waals surface area contributed by atoms with Crippen molar-refractivity contribution in [1.82, 2.24) is 24.5 Å². The Bertz CT molecular complexity index is 1260. The molecule has 2 aromatic heterocycles. The number of rotatable bonds is 4. The van der Waals surface area contributed by atoms with Crippen molar-refractivity contribution in [3.63, 3.8) is 0 Å².